The van der Waals surface area contributed by atoms with Crippen molar-refractivity contribution in [2.45, 2.75) is 10.8 Å². The van der Waals surface area contributed by atoms with Gasteiger partial charge >= 0.3 is 0 Å². The minimum absolute atomic E-state index is 0.291. The first kappa shape index (κ1) is 12.2. The van der Waals surface area contributed by atoms with Crippen LogP contribution in [0.15, 0.2) is 53.4 Å². The lowest BCUT2D eigenvalue weighted by molar-refractivity contribution is -0.108. The molecular formula is C14H11ClOS. The highest BCUT2D eigenvalue weighted by molar-refractivity contribution is 7.80. The lowest BCUT2D eigenvalue weighted by atomic mass is 9.93. The SMILES string of the molecule is O=CC(c1ccc(Cl)cc1)c1ccccc1S. The maximum atomic E-state index is 11.3. The molecule has 1 nitrogen and oxygen atoms in total. The van der Waals surface area contributed by atoms with Crippen molar-refractivity contribution in [1.82, 2.24) is 0 Å². The summed E-state index contributed by atoms with van der Waals surface area (Å²) in [5.74, 6) is -0.291. The minimum Gasteiger partial charge on any atom is -0.302 e. The monoisotopic (exact) mass is 262 g/mol. The van der Waals surface area contributed by atoms with Crippen molar-refractivity contribution in [3.05, 3.63) is 64.7 Å². The number of hydrogen-bond donors (Lipinski definition) is 1. The standard InChI is InChI=1S/C14H11ClOS/c15-11-7-5-10(6-8-11)13(9-16)12-3-1-2-4-14(12)17/h1-9,13,17H. The molecule has 86 valence electrons. The molecule has 0 saturated heterocycles. The Morgan fingerprint density at radius 3 is 2.29 bits per heavy atom. The molecule has 0 heterocycles. The van der Waals surface area contributed by atoms with Gasteiger partial charge in [0.25, 0.3) is 0 Å². The fraction of sp³-hybridized carbons (Fsp3) is 0.0714. The molecule has 0 spiro atoms. The van der Waals surface area contributed by atoms with E-state index in [1.807, 2.05) is 36.4 Å². The van der Waals surface area contributed by atoms with Gasteiger partial charge in [0.05, 0.1) is 5.92 Å². The Labute approximate surface area is 111 Å². The van der Waals surface area contributed by atoms with Crippen molar-refractivity contribution in [1.29, 1.82) is 0 Å². The first-order valence-corrected chi connectivity index (χ1v) is 6.03. The summed E-state index contributed by atoms with van der Waals surface area (Å²) >= 11 is 10.2. The van der Waals surface area contributed by atoms with E-state index in [0.717, 1.165) is 22.3 Å². The predicted molar refractivity (Wildman–Crippen MR) is 73.1 cm³/mol. The van der Waals surface area contributed by atoms with Crippen LogP contribution in [0.3, 0.4) is 0 Å². The lowest BCUT2D eigenvalue weighted by Crippen LogP contribution is -2.03. The number of carbonyl (C=O) groups is 1. The number of aldehydes is 1. The topological polar surface area (TPSA) is 17.1 Å². The van der Waals surface area contributed by atoms with E-state index in [2.05, 4.69) is 12.6 Å². The molecule has 0 aromatic heterocycles. The Morgan fingerprint density at radius 1 is 1.06 bits per heavy atom. The Bertz CT molecular complexity index is 522. The zero-order valence-electron chi connectivity index (χ0n) is 9.01. The fourth-order valence-corrected chi connectivity index (χ4v) is 2.18. The Morgan fingerprint density at radius 2 is 1.71 bits per heavy atom. The van der Waals surface area contributed by atoms with Crippen LogP contribution in [0.2, 0.25) is 5.02 Å². The molecule has 0 radical (unpaired) electrons. The third-order valence-electron chi connectivity index (χ3n) is 2.64. The zero-order valence-corrected chi connectivity index (χ0v) is 10.7. The van der Waals surface area contributed by atoms with E-state index in [1.54, 1.807) is 12.1 Å². The average Bonchev–Trinajstić information content (AvgIpc) is 2.35. The van der Waals surface area contributed by atoms with Crippen molar-refractivity contribution in [3.63, 3.8) is 0 Å². The van der Waals surface area contributed by atoms with E-state index >= 15 is 0 Å². The molecular weight excluding hydrogens is 252 g/mol. The molecule has 3 heteroatoms. The van der Waals surface area contributed by atoms with Crippen molar-refractivity contribution >= 4 is 30.5 Å². The minimum atomic E-state index is -0.291. The summed E-state index contributed by atoms with van der Waals surface area (Å²) in [6, 6.07) is 14.9. The molecule has 0 aliphatic rings. The number of halogens is 1. The van der Waals surface area contributed by atoms with Crippen molar-refractivity contribution in [3.8, 4) is 0 Å². The normalized spacial score (nSPS) is 12.1. The van der Waals surface area contributed by atoms with Gasteiger partial charge in [-0.15, -0.1) is 12.6 Å². The van der Waals surface area contributed by atoms with Gasteiger partial charge in [0.2, 0.25) is 0 Å². The van der Waals surface area contributed by atoms with Gasteiger partial charge in [-0.05, 0) is 29.3 Å². The highest BCUT2D eigenvalue weighted by Crippen LogP contribution is 2.28. The van der Waals surface area contributed by atoms with E-state index in [0.29, 0.717) is 5.02 Å². The number of thiol groups is 1. The number of rotatable bonds is 3. The molecule has 2 aromatic carbocycles. The van der Waals surface area contributed by atoms with Gasteiger partial charge in [-0.1, -0.05) is 41.9 Å². The molecule has 1 atom stereocenters. The molecule has 0 amide bonds. The second kappa shape index (κ2) is 5.39. The van der Waals surface area contributed by atoms with Crippen LogP contribution in [0.1, 0.15) is 17.0 Å². The van der Waals surface area contributed by atoms with Gasteiger partial charge in [-0.2, -0.15) is 0 Å². The number of carbonyl (C=O) groups excluding carboxylic acids is 1. The first-order chi connectivity index (χ1) is 8.22. The molecule has 1 unspecified atom stereocenters. The quantitative estimate of drug-likeness (QED) is 0.655. The summed E-state index contributed by atoms with van der Waals surface area (Å²) in [5, 5.41) is 0.664. The van der Waals surface area contributed by atoms with Crippen molar-refractivity contribution in [2.24, 2.45) is 0 Å². The van der Waals surface area contributed by atoms with Crippen LogP contribution in [0, 0.1) is 0 Å². The van der Waals surface area contributed by atoms with Crippen LogP contribution in [0.25, 0.3) is 0 Å². The second-order valence-electron chi connectivity index (χ2n) is 3.72. The van der Waals surface area contributed by atoms with Gasteiger partial charge < -0.3 is 4.79 Å². The Hall–Kier alpha value is -1.25. The summed E-state index contributed by atoms with van der Waals surface area (Å²) in [4.78, 5) is 12.1. The molecule has 17 heavy (non-hydrogen) atoms. The van der Waals surface area contributed by atoms with Gasteiger partial charge in [-0.3, -0.25) is 0 Å². The molecule has 0 fully saturated rings. The highest BCUT2D eigenvalue weighted by atomic mass is 35.5. The van der Waals surface area contributed by atoms with Crippen LogP contribution >= 0.6 is 24.2 Å². The third-order valence-corrected chi connectivity index (χ3v) is 3.30. The molecule has 2 aromatic rings. The van der Waals surface area contributed by atoms with Crippen LogP contribution < -0.4 is 0 Å². The van der Waals surface area contributed by atoms with Crippen molar-refractivity contribution in [2.75, 3.05) is 0 Å². The van der Waals surface area contributed by atoms with E-state index < -0.39 is 0 Å². The summed E-state index contributed by atoms with van der Waals surface area (Å²) in [5.41, 5.74) is 1.83. The molecule has 0 aliphatic carbocycles. The Kier molecular flexibility index (Phi) is 3.87. The van der Waals surface area contributed by atoms with Crippen LogP contribution in [-0.4, -0.2) is 6.29 Å². The van der Waals surface area contributed by atoms with Crippen molar-refractivity contribution < 1.29 is 4.79 Å². The van der Waals surface area contributed by atoms with Gasteiger partial charge in [0.15, 0.2) is 0 Å². The second-order valence-corrected chi connectivity index (χ2v) is 4.64. The molecule has 2 rings (SSSR count). The smallest absolute Gasteiger partial charge is 0.131 e. The summed E-state index contributed by atoms with van der Waals surface area (Å²) in [6.07, 6.45) is 0.929. The van der Waals surface area contributed by atoms with Gasteiger partial charge in [-0.25, -0.2) is 0 Å². The van der Waals surface area contributed by atoms with E-state index in [1.165, 1.54) is 0 Å². The molecule has 0 bridgehead atoms. The van der Waals surface area contributed by atoms with Crippen LogP contribution in [0.5, 0.6) is 0 Å². The van der Waals surface area contributed by atoms with Gasteiger partial charge in [0.1, 0.15) is 6.29 Å². The van der Waals surface area contributed by atoms with Crippen LogP contribution in [-0.2, 0) is 4.79 Å². The largest absolute Gasteiger partial charge is 0.302 e. The molecule has 0 aliphatic heterocycles. The van der Waals surface area contributed by atoms with E-state index in [4.69, 9.17) is 11.6 Å². The van der Waals surface area contributed by atoms with E-state index in [-0.39, 0.29) is 5.92 Å². The van der Waals surface area contributed by atoms with Crippen LogP contribution in [0.4, 0.5) is 0 Å². The maximum Gasteiger partial charge on any atom is 0.131 e. The number of hydrogen-bond acceptors (Lipinski definition) is 2. The van der Waals surface area contributed by atoms with Gasteiger partial charge in [0, 0.05) is 9.92 Å². The maximum absolute atomic E-state index is 11.3. The first-order valence-electron chi connectivity index (χ1n) is 5.21. The summed E-state index contributed by atoms with van der Waals surface area (Å²) < 4.78 is 0. The highest BCUT2D eigenvalue weighted by Gasteiger charge is 2.15. The Balaban J connectivity index is 2.44. The summed E-state index contributed by atoms with van der Waals surface area (Å²) in [6.45, 7) is 0. The predicted octanol–water partition coefficient (Wildman–Crippen LogP) is 3.96. The lowest BCUT2D eigenvalue weighted by Gasteiger charge is -2.13. The molecule has 0 saturated carbocycles. The number of benzene rings is 2. The third kappa shape index (κ3) is 2.71. The summed E-state index contributed by atoms with van der Waals surface area (Å²) in [7, 11) is 0. The molecule has 0 N–H and O–H groups in total. The fourth-order valence-electron chi connectivity index (χ4n) is 1.75. The zero-order chi connectivity index (χ0) is 12.3. The van der Waals surface area contributed by atoms with E-state index in [9.17, 15) is 4.79 Å². The average molecular weight is 263 g/mol.